The lowest BCUT2D eigenvalue weighted by atomic mass is 10.2. The van der Waals surface area contributed by atoms with E-state index in [1.165, 1.54) is 0 Å². The predicted molar refractivity (Wildman–Crippen MR) is 99.5 cm³/mol. The summed E-state index contributed by atoms with van der Waals surface area (Å²) in [6.07, 6.45) is 2.07. The largest absolute Gasteiger partial charge is 0.494 e. The molecule has 1 heterocycles. The van der Waals surface area contributed by atoms with Gasteiger partial charge in [-0.3, -0.25) is 10.1 Å². The molecular weight excluding hydrogens is 354 g/mol. The summed E-state index contributed by atoms with van der Waals surface area (Å²) in [5.41, 5.74) is 1.19. The van der Waals surface area contributed by atoms with Crippen molar-refractivity contribution in [3.8, 4) is 17.2 Å². The lowest BCUT2D eigenvalue weighted by Gasteiger charge is -2.06. The lowest BCUT2D eigenvalue weighted by molar-refractivity contribution is 0.102. The minimum absolute atomic E-state index is 0.0308. The maximum atomic E-state index is 12.3. The number of hydrogen-bond donors (Lipinski definition) is 1. The van der Waals surface area contributed by atoms with Gasteiger partial charge < -0.3 is 9.15 Å². The summed E-state index contributed by atoms with van der Waals surface area (Å²) in [6, 6.07) is 13.9. The first-order valence-electron chi connectivity index (χ1n) is 8.29. The first-order chi connectivity index (χ1) is 12.7. The number of nitrogens with zero attached hydrogens (tertiary/aromatic N) is 2. The zero-order chi connectivity index (χ0) is 18.4. The zero-order valence-electron chi connectivity index (χ0n) is 14.2. The average Bonchev–Trinajstić information content (AvgIpc) is 3.11. The van der Waals surface area contributed by atoms with E-state index < -0.39 is 0 Å². The molecule has 0 unspecified atom stereocenters. The number of benzene rings is 2. The summed E-state index contributed by atoms with van der Waals surface area (Å²) in [6.45, 7) is 2.77. The van der Waals surface area contributed by atoms with Crippen molar-refractivity contribution in [2.24, 2.45) is 0 Å². The van der Waals surface area contributed by atoms with Gasteiger partial charge in [0.1, 0.15) is 5.75 Å². The molecule has 7 heteroatoms. The fraction of sp³-hybridized carbons (Fsp3) is 0.211. The van der Waals surface area contributed by atoms with Crippen LogP contribution in [-0.4, -0.2) is 22.7 Å². The second-order valence-electron chi connectivity index (χ2n) is 5.60. The SMILES string of the molecule is CCCCOc1ccc(C(=O)Nc2nnc(-c3ccc(Cl)cc3)o2)cc1. The Hall–Kier alpha value is -2.86. The first kappa shape index (κ1) is 17.9. The van der Waals surface area contributed by atoms with Crippen LogP contribution in [0.15, 0.2) is 52.9 Å². The van der Waals surface area contributed by atoms with Gasteiger partial charge in [-0.25, -0.2) is 0 Å². The Kier molecular flexibility index (Phi) is 5.86. The number of carbonyl (C=O) groups excluding carboxylic acids is 1. The van der Waals surface area contributed by atoms with Crippen LogP contribution in [0, 0.1) is 0 Å². The second kappa shape index (κ2) is 8.49. The third-order valence-electron chi connectivity index (χ3n) is 3.62. The fourth-order valence-electron chi connectivity index (χ4n) is 2.19. The standard InChI is InChI=1S/C19H18ClN3O3/c1-2-3-12-25-16-10-6-13(7-11-16)17(24)21-19-23-22-18(26-19)14-4-8-15(20)9-5-14/h4-11H,2-3,12H2,1H3,(H,21,23,24). The van der Waals surface area contributed by atoms with Gasteiger partial charge in [-0.05, 0) is 55.0 Å². The molecule has 3 aromatic rings. The molecule has 0 aliphatic rings. The molecule has 1 aromatic heterocycles. The molecule has 1 N–H and O–H groups in total. The molecule has 0 saturated carbocycles. The quantitative estimate of drug-likeness (QED) is 0.602. The molecular formula is C19H18ClN3O3. The number of anilines is 1. The highest BCUT2D eigenvalue weighted by atomic mass is 35.5. The molecule has 0 saturated heterocycles. The second-order valence-corrected chi connectivity index (χ2v) is 6.04. The molecule has 1 amide bonds. The third kappa shape index (κ3) is 4.61. The van der Waals surface area contributed by atoms with Gasteiger partial charge in [0.05, 0.1) is 6.61 Å². The Morgan fingerprint density at radius 1 is 1.12 bits per heavy atom. The molecule has 26 heavy (non-hydrogen) atoms. The molecule has 0 spiro atoms. The Morgan fingerprint density at radius 3 is 2.54 bits per heavy atom. The molecule has 3 rings (SSSR count). The topological polar surface area (TPSA) is 77.2 Å². The maximum Gasteiger partial charge on any atom is 0.322 e. The van der Waals surface area contributed by atoms with E-state index in [4.69, 9.17) is 20.8 Å². The zero-order valence-corrected chi connectivity index (χ0v) is 15.0. The number of nitrogens with one attached hydrogen (secondary N) is 1. The van der Waals surface area contributed by atoms with Crippen molar-refractivity contribution < 1.29 is 13.9 Å². The van der Waals surface area contributed by atoms with Crippen molar-refractivity contribution in [3.63, 3.8) is 0 Å². The van der Waals surface area contributed by atoms with Crippen LogP contribution in [0.2, 0.25) is 5.02 Å². The summed E-state index contributed by atoms with van der Waals surface area (Å²) in [5, 5.41) is 11.0. The summed E-state index contributed by atoms with van der Waals surface area (Å²) in [5.74, 6) is 0.700. The Morgan fingerprint density at radius 2 is 1.85 bits per heavy atom. The van der Waals surface area contributed by atoms with Crippen LogP contribution in [-0.2, 0) is 0 Å². The van der Waals surface area contributed by atoms with Gasteiger partial charge in [-0.15, -0.1) is 5.10 Å². The van der Waals surface area contributed by atoms with Crippen LogP contribution in [0.4, 0.5) is 6.01 Å². The molecule has 0 aliphatic heterocycles. The predicted octanol–water partition coefficient (Wildman–Crippen LogP) is 4.82. The van der Waals surface area contributed by atoms with Crippen LogP contribution in [0.3, 0.4) is 0 Å². The summed E-state index contributed by atoms with van der Waals surface area (Å²) in [7, 11) is 0. The Labute approximate surface area is 156 Å². The van der Waals surface area contributed by atoms with Crippen LogP contribution < -0.4 is 10.1 Å². The lowest BCUT2D eigenvalue weighted by Crippen LogP contribution is -2.12. The van der Waals surface area contributed by atoms with Crippen LogP contribution in [0.25, 0.3) is 11.5 Å². The highest BCUT2D eigenvalue weighted by molar-refractivity contribution is 6.30. The van der Waals surface area contributed by atoms with Gasteiger partial charge in [0.25, 0.3) is 5.91 Å². The van der Waals surface area contributed by atoms with Crippen molar-refractivity contribution in [2.45, 2.75) is 19.8 Å². The fourth-order valence-corrected chi connectivity index (χ4v) is 2.32. The van der Waals surface area contributed by atoms with Crippen molar-refractivity contribution in [1.29, 1.82) is 0 Å². The van der Waals surface area contributed by atoms with E-state index in [9.17, 15) is 4.79 Å². The minimum Gasteiger partial charge on any atom is -0.494 e. The summed E-state index contributed by atoms with van der Waals surface area (Å²) >= 11 is 5.85. The summed E-state index contributed by atoms with van der Waals surface area (Å²) in [4.78, 5) is 12.3. The molecule has 134 valence electrons. The van der Waals surface area contributed by atoms with Gasteiger partial charge in [0.2, 0.25) is 5.89 Å². The number of unbranched alkanes of at least 4 members (excludes halogenated alkanes) is 1. The average molecular weight is 372 g/mol. The number of carbonyl (C=O) groups is 1. The highest BCUT2D eigenvalue weighted by Crippen LogP contribution is 2.22. The van der Waals surface area contributed by atoms with E-state index in [1.54, 1.807) is 48.5 Å². The third-order valence-corrected chi connectivity index (χ3v) is 3.87. The molecule has 0 bridgehead atoms. The van der Waals surface area contributed by atoms with Gasteiger partial charge in [-0.2, -0.15) is 0 Å². The number of amides is 1. The number of halogens is 1. The molecule has 0 atom stereocenters. The monoisotopic (exact) mass is 371 g/mol. The van der Waals surface area contributed by atoms with Gasteiger partial charge in [0.15, 0.2) is 0 Å². The van der Waals surface area contributed by atoms with E-state index in [2.05, 4.69) is 22.4 Å². The van der Waals surface area contributed by atoms with E-state index in [0.29, 0.717) is 23.1 Å². The highest BCUT2D eigenvalue weighted by Gasteiger charge is 2.13. The normalized spacial score (nSPS) is 10.5. The summed E-state index contributed by atoms with van der Waals surface area (Å²) < 4.78 is 11.0. The molecule has 0 aliphatic carbocycles. The Bertz CT molecular complexity index is 860. The van der Waals surface area contributed by atoms with E-state index in [0.717, 1.165) is 24.2 Å². The molecule has 6 nitrogen and oxygen atoms in total. The van der Waals surface area contributed by atoms with Crippen molar-refractivity contribution in [1.82, 2.24) is 10.2 Å². The van der Waals surface area contributed by atoms with Crippen molar-refractivity contribution in [2.75, 3.05) is 11.9 Å². The number of hydrogen-bond acceptors (Lipinski definition) is 5. The molecule has 0 fully saturated rings. The van der Waals surface area contributed by atoms with E-state index >= 15 is 0 Å². The van der Waals surface area contributed by atoms with Gasteiger partial charge in [-0.1, -0.05) is 30.0 Å². The number of rotatable bonds is 7. The number of ether oxygens (including phenoxy) is 1. The molecule has 2 aromatic carbocycles. The smallest absolute Gasteiger partial charge is 0.322 e. The minimum atomic E-state index is -0.337. The van der Waals surface area contributed by atoms with Gasteiger partial charge >= 0.3 is 6.01 Å². The van der Waals surface area contributed by atoms with Crippen molar-refractivity contribution in [3.05, 3.63) is 59.1 Å². The van der Waals surface area contributed by atoms with Crippen LogP contribution >= 0.6 is 11.6 Å². The number of aromatic nitrogens is 2. The van der Waals surface area contributed by atoms with Gasteiger partial charge in [0, 0.05) is 16.1 Å². The van der Waals surface area contributed by atoms with E-state index in [-0.39, 0.29) is 11.9 Å². The first-order valence-corrected chi connectivity index (χ1v) is 8.67. The van der Waals surface area contributed by atoms with Crippen molar-refractivity contribution >= 4 is 23.5 Å². The maximum absolute atomic E-state index is 12.3. The van der Waals surface area contributed by atoms with E-state index in [1.807, 2.05) is 0 Å². The Balaban J connectivity index is 1.62. The van der Waals surface area contributed by atoms with Crippen LogP contribution in [0.5, 0.6) is 5.75 Å². The van der Waals surface area contributed by atoms with Crippen LogP contribution in [0.1, 0.15) is 30.1 Å². The molecule has 0 radical (unpaired) electrons.